The fourth-order valence-electron chi connectivity index (χ4n) is 2.34. The highest BCUT2D eigenvalue weighted by atomic mass is 35.5. The highest BCUT2D eigenvalue weighted by Gasteiger charge is 2.11. The molecule has 0 aliphatic rings. The van der Waals surface area contributed by atoms with Crippen LogP contribution in [-0.2, 0) is 0 Å². The largest absolute Gasteiger partial charge is 0.478 e. The minimum absolute atomic E-state index is 0.164. The van der Waals surface area contributed by atoms with E-state index in [-0.39, 0.29) is 5.56 Å². The summed E-state index contributed by atoms with van der Waals surface area (Å²) in [5.41, 5.74) is 1.14. The second-order valence-electron chi connectivity index (χ2n) is 4.67. The number of hydrogen-bond acceptors (Lipinski definition) is 1. The molecule has 0 unspecified atom stereocenters. The van der Waals surface area contributed by atoms with Gasteiger partial charge in [0, 0.05) is 10.6 Å². The van der Waals surface area contributed by atoms with E-state index in [1.54, 1.807) is 30.3 Å². The Kier molecular flexibility index (Phi) is 3.35. The number of carboxylic acid groups (broad SMARTS) is 1. The van der Waals surface area contributed by atoms with Crippen LogP contribution in [0.1, 0.15) is 10.4 Å². The number of benzene rings is 3. The first-order chi connectivity index (χ1) is 10.1. The van der Waals surface area contributed by atoms with Gasteiger partial charge in [0.05, 0.1) is 5.56 Å². The summed E-state index contributed by atoms with van der Waals surface area (Å²) < 4.78 is 14.1. The fourth-order valence-corrected chi connectivity index (χ4v) is 2.52. The molecule has 104 valence electrons. The second kappa shape index (κ2) is 5.19. The Hall–Kier alpha value is -2.39. The summed E-state index contributed by atoms with van der Waals surface area (Å²) in [6.45, 7) is 0. The summed E-state index contributed by atoms with van der Waals surface area (Å²) >= 11 is 5.94. The molecule has 1 N–H and O–H groups in total. The van der Waals surface area contributed by atoms with E-state index < -0.39 is 11.8 Å². The Morgan fingerprint density at radius 2 is 1.81 bits per heavy atom. The van der Waals surface area contributed by atoms with E-state index in [2.05, 4.69) is 0 Å². The van der Waals surface area contributed by atoms with Gasteiger partial charge in [0.25, 0.3) is 0 Å². The summed E-state index contributed by atoms with van der Waals surface area (Å²) in [6.07, 6.45) is 0. The van der Waals surface area contributed by atoms with Crippen molar-refractivity contribution in [2.75, 3.05) is 0 Å². The van der Waals surface area contributed by atoms with Crippen LogP contribution in [-0.4, -0.2) is 11.1 Å². The molecule has 3 aromatic carbocycles. The number of carboxylic acids is 1. The monoisotopic (exact) mass is 300 g/mol. The highest BCUT2D eigenvalue weighted by Crippen LogP contribution is 2.32. The van der Waals surface area contributed by atoms with Crippen molar-refractivity contribution in [2.24, 2.45) is 0 Å². The van der Waals surface area contributed by atoms with E-state index in [9.17, 15) is 9.18 Å². The number of carbonyl (C=O) groups is 1. The quantitative estimate of drug-likeness (QED) is 0.723. The van der Waals surface area contributed by atoms with Crippen LogP contribution < -0.4 is 0 Å². The van der Waals surface area contributed by atoms with Gasteiger partial charge in [-0.05, 0) is 46.7 Å². The van der Waals surface area contributed by atoms with Crippen LogP contribution in [0.15, 0.2) is 54.6 Å². The number of hydrogen-bond donors (Lipinski definition) is 1. The molecule has 0 saturated heterocycles. The van der Waals surface area contributed by atoms with Crippen molar-refractivity contribution in [1.82, 2.24) is 0 Å². The average Bonchev–Trinajstić information content (AvgIpc) is 2.48. The summed E-state index contributed by atoms with van der Waals surface area (Å²) in [4.78, 5) is 11.1. The van der Waals surface area contributed by atoms with E-state index >= 15 is 0 Å². The zero-order chi connectivity index (χ0) is 15.0. The minimum Gasteiger partial charge on any atom is -0.478 e. The molecule has 0 aliphatic heterocycles. The Balaban J connectivity index is 2.34. The van der Waals surface area contributed by atoms with E-state index in [1.165, 1.54) is 18.2 Å². The zero-order valence-corrected chi connectivity index (χ0v) is 11.6. The predicted octanol–water partition coefficient (Wildman–Crippen LogP) is 5.00. The number of aromatic carboxylic acids is 1. The summed E-state index contributed by atoms with van der Waals surface area (Å²) in [5.74, 6) is -1.41. The molecular formula is C17H10ClFO2. The molecule has 0 atom stereocenters. The van der Waals surface area contributed by atoms with Crippen molar-refractivity contribution >= 4 is 28.3 Å². The van der Waals surface area contributed by atoms with Gasteiger partial charge < -0.3 is 5.11 Å². The molecule has 0 aromatic heterocycles. The fraction of sp³-hybridized carbons (Fsp3) is 0. The first-order valence-electron chi connectivity index (χ1n) is 6.28. The highest BCUT2D eigenvalue weighted by molar-refractivity contribution is 6.31. The molecule has 0 bridgehead atoms. The van der Waals surface area contributed by atoms with E-state index in [4.69, 9.17) is 16.7 Å². The van der Waals surface area contributed by atoms with Crippen molar-refractivity contribution < 1.29 is 14.3 Å². The molecule has 3 aromatic rings. The van der Waals surface area contributed by atoms with Gasteiger partial charge >= 0.3 is 5.97 Å². The number of rotatable bonds is 2. The van der Waals surface area contributed by atoms with Gasteiger partial charge in [-0.3, -0.25) is 0 Å². The molecule has 0 saturated carbocycles. The van der Waals surface area contributed by atoms with Gasteiger partial charge in [0.15, 0.2) is 0 Å². The van der Waals surface area contributed by atoms with Crippen LogP contribution in [0.4, 0.5) is 4.39 Å². The van der Waals surface area contributed by atoms with E-state index in [0.29, 0.717) is 21.5 Å². The third kappa shape index (κ3) is 2.48. The average molecular weight is 301 g/mol. The van der Waals surface area contributed by atoms with Crippen molar-refractivity contribution in [1.29, 1.82) is 0 Å². The molecule has 0 aliphatic carbocycles. The van der Waals surface area contributed by atoms with Crippen molar-refractivity contribution in [2.45, 2.75) is 0 Å². The Labute approximate surface area is 125 Å². The molecule has 0 heterocycles. The third-order valence-electron chi connectivity index (χ3n) is 3.35. The molecule has 4 heteroatoms. The summed E-state index contributed by atoms with van der Waals surface area (Å²) in [6, 6.07) is 14.5. The topological polar surface area (TPSA) is 37.3 Å². The van der Waals surface area contributed by atoms with Crippen LogP contribution >= 0.6 is 11.6 Å². The van der Waals surface area contributed by atoms with Gasteiger partial charge in [-0.1, -0.05) is 35.9 Å². The van der Waals surface area contributed by atoms with Crippen molar-refractivity contribution in [3.05, 3.63) is 71.0 Å². The van der Waals surface area contributed by atoms with Gasteiger partial charge in [-0.2, -0.15) is 0 Å². The lowest BCUT2D eigenvalue weighted by molar-refractivity contribution is 0.0697. The van der Waals surface area contributed by atoms with Crippen LogP contribution in [0.3, 0.4) is 0 Å². The molecule has 0 spiro atoms. The van der Waals surface area contributed by atoms with E-state index in [0.717, 1.165) is 5.39 Å². The van der Waals surface area contributed by atoms with Crippen LogP contribution in [0, 0.1) is 5.82 Å². The lowest BCUT2D eigenvalue weighted by Gasteiger charge is -2.09. The Bertz CT molecular complexity index is 859. The molecule has 21 heavy (non-hydrogen) atoms. The number of fused-ring (bicyclic) bond motifs is 1. The smallest absolute Gasteiger partial charge is 0.335 e. The Morgan fingerprint density at radius 3 is 2.57 bits per heavy atom. The lowest BCUT2D eigenvalue weighted by Crippen LogP contribution is -1.96. The van der Waals surface area contributed by atoms with Crippen LogP contribution in [0.5, 0.6) is 0 Å². The van der Waals surface area contributed by atoms with Gasteiger partial charge in [-0.25, -0.2) is 9.18 Å². The normalized spacial score (nSPS) is 10.8. The van der Waals surface area contributed by atoms with Crippen LogP contribution in [0.2, 0.25) is 5.02 Å². The predicted molar refractivity (Wildman–Crippen MR) is 81.3 cm³/mol. The maximum atomic E-state index is 14.1. The molecule has 0 fully saturated rings. The second-order valence-corrected chi connectivity index (χ2v) is 5.11. The zero-order valence-electron chi connectivity index (χ0n) is 10.8. The number of halogens is 2. The van der Waals surface area contributed by atoms with Crippen LogP contribution in [0.25, 0.3) is 21.9 Å². The SMILES string of the molecule is O=C(O)c1ccc2cccc(-c3cc(Cl)ccc3F)c2c1. The standard InChI is InChI=1S/C17H10ClFO2/c18-12-6-7-16(19)15(9-12)13-3-1-2-10-4-5-11(17(20)21)8-14(10)13/h1-9H,(H,20,21). The first kappa shape index (κ1) is 13.6. The molecule has 0 amide bonds. The third-order valence-corrected chi connectivity index (χ3v) is 3.58. The maximum absolute atomic E-state index is 14.1. The van der Waals surface area contributed by atoms with Crippen molar-refractivity contribution in [3.8, 4) is 11.1 Å². The minimum atomic E-state index is -1.02. The van der Waals surface area contributed by atoms with Gasteiger partial charge in [0.2, 0.25) is 0 Å². The van der Waals surface area contributed by atoms with E-state index in [1.807, 2.05) is 6.07 Å². The summed E-state index contributed by atoms with van der Waals surface area (Å²) in [5, 5.41) is 11.1. The lowest BCUT2D eigenvalue weighted by atomic mass is 9.96. The summed E-state index contributed by atoms with van der Waals surface area (Å²) in [7, 11) is 0. The Morgan fingerprint density at radius 1 is 1.00 bits per heavy atom. The maximum Gasteiger partial charge on any atom is 0.335 e. The molecule has 3 rings (SSSR count). The molecule has 0 radical (unpaired) electrons. The van der Waals surface area contributed by atoms with Crippen molar-refractivity contribution in [3.63, 3.8) is 0 Å². The molecule has 2 nitrogen and oxygen atoms in total. The van der Waals surface area contributed by atoms with Gasteiger partial charge in [-0.15, -0.1) is 0 Å². The van der Waals surface area contributed by atoms with Gasteiger partial charge in [0.1, 0.15) is 5.82 Å². The molecular weight excluding hydrogens is 291 g/mol. The first-order valence-corrected chi connectivity index (χ1v) is 6.65.